The summed E-state index contributed by atoms with van der Waals surface area (Å²) in [6.07, 6.45) is 0.0840. The van der Waals surface area contributed by atoms with E-state index in [1.807, 2.05) is 27.7 Å². The molecule has 3 amide bonds. The van der Waals surface area contributed by atoms with E-state index in [0.717, 1.165) is 0 Å². The Labute approximate surface area is 177 Å². The van der Waals surface area contributed by atoms with Gasteiger partial charge in [0.05, 0.1) is 12.1 Å². The van der Waals surface area contributed by atoms with Gasteiger partial charge in [-0.05, 0) is 38.0 Å². The summed E-state index contributed by atoms with van der Waals surface area (Å²) in [7, 11) is 0. The number of aliphatic hydroxyl groups excluding tert-OH is 1. The molecule has 0 radical (unpaired) electrons. The number of amides is 3. The summed E-state index contributed by atoms with van der Waals surface area (Å²) < 4.78 is 0. The molecule has 1 heterocycles. The van der Waals surface area contributed by atoms with E-state index < -0.39 is 48.1 Å². The van der Waals surface area contributed by atoms with Crippen molar-refractivity contribution >= 4 is 23.7 Å². The van der Waals surface area contributed by atoms with Crippen molar-refractivity contribution < 1.29 is 29.4 Å². The molecule has 5 atom stereocenters. The van der Waals surface area contributed by atoms with Gasteiger partial charge in [0.15, 0.2) is 6.04 Å². The first-order valence-corrected chi connectivity index (χ1v) is 10.4. The number of nitrogens with two attached hydrogens (primary N) is 1. The first kappa shape index (κ1) is 25.8. The first-order chi connectivity index (χ1) is 13.9. The number of hydrogen-bond donors (Lipinski definition) is 5. The Hall–Kier alpha value is -2.20. The monoisotopic (exact) mass is 428 g/mol. The summed E-state index contributed by atoms with van der Waals surface area (Å²) in [6.45, 7) is 9.07. The third kappa shape index (κ3) is 6.94. The van der Waals surface area contributed by atoms with Crippen LogP contribution >= 0.6 is 0 Å². The van der Waals surface area contributed by atoms with Crippen LogP contribution in [-0.4, -0.2) is 75.6 Å². The molecule has 10 heteroatoms. The van der Waals surface area contributed by atoms with Gasteiger partial charge in [0.2, 0.25) is 17.7 Å². The third-order valence-corrected chi connectivity index (χ3v) is 5.23. The zero-order valence-electron chi connectivity index (χ0n) is 18.4. The fraction of sp³-hybridized carbons (Fsp3) is 0.800. The van der Waals surface area contributed by atoms with E-state index in [1.54, 1.807) is 0 Å². The number of carboxylic acid groups (broad SMARTS) is 1. The molecule has 1 aliphatic heterocycles. The average Bonchev–Trinajstić information content (AvgIpc) is 3.12. The van der Waals surface area contributed by atoms with Crippen LogP contribution < -0.4 is 16.4 Å². The number of carbonyl (C=O) groups is 4. The maximum atomic E-state index is 12.9. The molecule has 0 unspecified atom stereocenters. The number of hydrogen-bond acceptors (Lipinski definition) is 6. The molecule has 0 aromatic rings. The predicted molar refractivity (Wildman–Crippen MR) is 110 cm³/mol. The number of aliphatic hydroxyl groups is 1. The van der Waals surface area contributed by atoms with E-state index in [0.29, 0.717) is 19.4 Å². The Bertz CT molecular complexity index is 637. The molecule has 1 rings (SSSR count). The number of aliphatic carboxylic acids is 1. The molecular formula is C20H36N4O6. The topological polar surface area (TPSA) is 162 Å². The van der Waals surface area contributed by atoms with E-state index in [9.17, 15) is 29.4 Å². The van der Waals surface area contributed by atoms with E-state index in [2.05, 4.69) is 10.6 Å². The highest BCUT2D eigenvalue weighted by Gasteiger charge is 2.38. The summed E-state index contributed by atoms with van der Waals surface area (Å²) in [5, 5.41) is 23.7. The number of likely N-dealkylation sites (tertiary alicyclic amines) is 1. The van der Waals surface area contributed by atoms with Crippen molar-refractivity contribution in [2.45, 2.75) is 84.2 Å². The largest absolute Gasteiger partial charge is 0.480 e. The van der Waals surface area contributed by atoms with Crippen LogP contribution in [0.3, 0.4) is 0 Å². The van der Waals surface area contributed by atoms with Crippen LogP contribution in [0.15, 0.2) is 0 Å². The highest BCUT2D eigenvalue weighted by molar-refractivity contribution is 5.94. The van der Waals surface area contributed by atoms with Gasteiger partial charge in [0.1, 0.15) is 12.1 Å². The lowest BCUT2D eigenvalue weighted by Gasteiger charge is -2.30. The standard InChI is InChI=1S/C20H36N4O6/c1-10(2)9-13(17(26)23-16(12(5)25)20(29)30)22-18(27)14-7-6-8-24(14)19(28)15(21)11(3)4/h10-16,25H,6-9,21H2,1-5H3,(H,22,27)(H,23,26)(H,29,30)/t12-,13+,14+,15+,16+/m1/s1. The Balaban J connectivity index is 2.93. The van der Waals surface area contributed by atoms with Gasteiger partial charge in [-0.2, -0.15) is 0 Å². The van der Waals surface area contributed by atoms with E-state index in [-0.39, 0.29) is 24.2 Å². The van der Waals surface area contributed by atoms with Crippen LogP contribution in [0.25, 0.3) is 0 Å². The minimum Gasteiger partial charge on any atom is -0.480 e. The predicted octanol–water partition coefficient (Wildman–Crippen LogP) is -0.558. The molecule has 30 heavy (non-hydrogen) atoms. The fourth-order valence-electron chi connectivity index (χ4n) is 3.39. The number of carboxylic acids is 1. The SMILES string of the molecule is CC(C)C[C@H](NC(=O)[C@@H]1CCCN1C(=O)[C@@H](N)C(C)C)C(=O)N[C@H](C(=O)O)[C@@H](C)O. The highest BCUT2D eigenvalue weighted by atomic mass is 16.4. The van der Waals surface area contributed by atoms with Crippen molar-refractivity contribution in [3.8, 4) is 0 Å². The summed E-state index contributed by atoms with van der Waals surface area (Å²) in [5.74, 6) is -2.88. The Morgan fingerprint density at radius 2 is 1.70 bits per heavy atom. The summed E-state index contributed by atoms with van der Waals surface area (Å²) in [6, 6.07) is -3.92. The summed E-state index contributed by atoms with van der Waals surface area (Å²) in [5.41, 5.74) is 5.96. The van der Waals surface area contributed by atoms with Crippen molar-refractivity contribution in [3.05, 3.63) is 0 Å². The Morgan fingerprint density at radius 1 is 1.10 bits per heavy atom. The second-order valence-electron chi connectivity index (χ2n) is 8.72. The van der Waals surface area contributed by atoms with Crippen LogP contribution in [0.5, 0.6) is 0 Å². The molecule has 1 fully saturated rings. The maximum absolute atomic E-state index is 12.9. The molecule has 1 saturated heterocycles. The van der Waals surface area contributed by atoms with Crippen molar-refractivity contribution in [2.24, 2.45) is 17.6 Å². The van der Waals surface area contributed by atoms with E-state index in [4.69, 9.17) is 5.73 Å². The molecule has 0 spiro atoms. The zero-order chi connectivity index (χ0) is 23.2. The first-order valence-electron chi connectivity index (χ1n) is 10.4. The third-order valence-electron chi connectivity index (χ3n) is 5.23. The lowest BCUT2D eigenvalue weighted by atomic mass is 10.0. The second-order valence-corrected chi connectivity index (χ2v) is 8.72. The van der Waals surface area contributed by atoms with E-state index in [1.165, 1.54) is 11.8 Å². The van der Waals surface area contributed by atoms with Gasteiger partial charge in [0.25, 0.3) is 0 Å². The molecule has 0 aromatic heterocycles. The minimum absolute atomic E-state index is 0.0338. The quantitative estimate of drug-likeness (QED) is 0.311. The molecule has 1 aliphatic rings. The molecular weight excluding hydrogens is 392 g/mol. The van der Waals surface area contributed by atoms with Crippen LogP contribution in [0.4, 0.5) is 0 Å². The molecule has 0 aromatic carbocycles. The van der Waals surface area contributed by atoms with Crippen molar-refractivity contribution in [2.75, 3.05) is 6.54 Å². The highest BCUT2D eigenvalue weighted by Crippen LogP contribution is 2.20. The van der Waals surface area contributed by atoms with Crippen LogP contribution in [-0.2, 0) is 19.2 Å². The van der Waals surface area contributed by atoms with Gasteiger partial charge in [-0.1, -0.05) is 27.7 Å². The number of rotatable bonds is 10. The van der Waals surface area contributed by atoms with Crippen LogP contribution in [0.2, 0.25) is 0 Å². The lowest BCUT2D eigenvalue weighted by Crippen LogP contribution is -2.58. The molecule has 0 bridgehead atoms. The molecule has 10 nitrogen and oxygen atoms in total. The summed E-state index contributed by atoms with van der Waals surface area (Å²) >= 11 is 0. The molecule has 172 valence electrons. The second kappa shape index (κ2) is 11.3. The number of nitrogens with zero attached hydrogens (tertiary/aromatic N) is 1. The average molecular weight is 429 g/mol. The minimum atomic E-state index is -1.49. The van der Waals surface area contributed by atoms with Crippen molar-refractivity contribution in [1.82, 2.24) is 15.5 Å². The van der Waals surface area contributed by atoms with Crippen molar-refractivity contribution in [3.63, 3.8) is 0 Å². The normalized spacial score (nSPS) is 20.6. The number of nitrogens with one attached hydrogen (secondary N) is 2. The van der Waals surface area contributed by atoms with E-state index >= 15 is 0 Å². The smallest absolute Gasteiger partial charge is 0.328 e. The van der Waals surface area contributed by atoms with Gasteiger partial charge in [0, 0.05) is 6.54 Å². The maximum Gasteiger partial charge on any atom is 0.328 e. The van der Waals surface area contributed by atoms with Crippen LogP contribution in [0.1, 0.15) is 53.9 Å². The van der Waals surface area contributed by atoms with Gasteiger partial charge in [-0.15, -0.1) is 0 Å². The Kier molecular flexibility index (Phi) is 9.70. The molecule has 6 N–H and O–H groups in total. The van der Waals surface area contributed by atoms with Crippen molar-refractivity contribution in [1.29, 1.82) is 0 Å². The lowest BCUT2D eigenvalue weighted by molar-refractivity contribution is -0.145. The molecule has 0 saturated carbocycles. The van der Waals surface area contributed by atoms with Gasteiger partial charge in [-0.3, -0.25) is 14.4 Å². The van der Waals surface area contributed by atoms with Gasteiger partial charge < -0.3 is 31.5 Å². The summed E-state index contributed by atoms with van der Waals surface area (Å²) in [4.78, 5) is 50.9. The number of carbonyl (C=O) groups excluding carboxylic acids is 3. The molecule has 0 aliphatic carbocycles. The van der Waals surface area contributed by atoms with Gasteiger partial charge in [-0.25, -0.2) is 4.79 Å². The fourth-order valence-corrected chi connectivity index (χ4v) is 3.39. The Morgan fingerprint density at radius 3 is 2.17 bits per heavy atom. The van der Waals surface area contributed by atoms with Gasteiger partial charge >= 0.3 is 5.97 Å². The zero-order valence-corrected chi connectivity index (χ0v) is 18.4. The van der Waals surface area contributed by atoms with Crippen LogP contribution in [0, 0.1) is 11.8 Å².